The van der Waals surface area contributed by atoms with Gasteiger partial charge in [-0.25, -0.2) is 8.42 Å². The molecule has 1 aliphatic heterocycles. The molecule has 4 nitrogen and oxygen atoms in total. The summed E-state index contributed by atoms with van der Waals surface area (Å²) in [5.41, 5.74) is -1.17. The smallest absolute Gasteiger partial charge is 0.381 e. The van der Waals surface area contributed by atoms with E-state index in [9.17, 15) is 21.6 Å². The minimum absolute atomic E-state index is 0.00649. The molecule has 1 saturated heterocycles. The van der Waals surface area contributed by atoms with Crippen LogP contribution in [-0.4, -0.2) is 39.0 Å². The van der Waals surface area contributed by atoms with E-state index in [0.717, 1.165) is 43.9 Å². The van der Waals surface area contributed by atoms with Gasteiger partial charge in [0.2, 0.25) is 10.0 Å². The number of benzene rings is 1. The molecule has 1 spiro atoms. The van der Waals surface area contributed by atoms with Crippen molar-refractivity contribution in [2.24, 2.45) is 5.41 Å². The minimum atomic E-state index is -4.57. The molecular formula is C17H22F3NO3S. The quantitative estimate of drug-likeness (QED) is 0.807. The van der Waals surface area contributed by atoms with Crippen LogP contribution in [0.3, 0.4) is 0 Å². The minimum Gasteiger partial charge on any atom is -0.381 e. The number of ether oxygens (including phenoxy) is 1. The third-order valence-corrected chi connectivity index (χ3v) is 7.32. The highest BCUT2D eigenvalue weighted by atomic mass is 32.2. The molecule has 1 aromatic rings. The summed E-state index contributed by atoms with van der Waals surface area (Å²) >= 11 is 0. The Morgan fingerprint density at radius 3 is 2.64 bits per heavy atom. The van der Waals surface area contributed by atoms with Gasteiger partial charge in [-0.15, -0.1) is 0 Å². The fourth-order valence-electron chi connectivity index (χ4n) is 4.25. The lowest BCUT2D eigenvalue weighted by molar-refractivity contribution is -0.137. The molecule has 140 valence electrons. The molecule has 0 radical (unpaired) electrons. The van der Waals surface area contributed by atoms with Gasteiger partial charge in [0.15, 0.2) is 0 Å². The van der Waals surface area contributed by atoms with E-state index in [4.69, 9.17) is 4.74 Å². The monoisotopic (exact) mass is 377 g/mol. The van der Waals surface area contributed by atoms with Crippen molar-refractivity contribution in [2.45, 2.75) is 49.3 Å². The van der Waals surface area contributed by atoms with Crippen molar-refractivity contribution in [3.05, 3.63) is 29.8 Å². The van der Waals surface area contributed by atoms with E-state index in [1.807, 2.05) is 0 Å². The van der Waals surface area contributed by atoms with Crippen molar-refractivity contribution >= 4 is 10.0 Å². The van der Waals surface area contributed by atoms with E-state index in [1.54, 1.807) is 7.11 Å². The van der Waals surface area contributed by atoms with E-state index < -0.39 is 21.8 Å². The fraction of sp³-hybridized carbons (Fsp3) is 0.647. The van der Waals surface area contributed by atoms with Crippen LogP contribution in [0.1, 0.15) is 37.7 Å². The Morgan fingerprint density at radius 1 is 1.24 bits per heavy atom. The molecule has 0 bridgehead atoms. The van der Waals surface area contributed by atoms with Crippen molar-refractivity contribution in [2.75, 3.05) is 20.2 Å². The Kier molecular flexibility index (Phi) is 4.89. The number of rotatable bonds is 3. The molecular weight excluding hydrogens is 355 g/mol. The van der Waals surface area contributed by atoms with E-state index in [0.29, 0.717) is 19.5 Å². The SMILES string of the molecule is CO[C@@H]1CCC[C@@]12CCCN(S(=O)(=O)c1cccc(C(F)(F)F)c1)C2. The van der Waals surface area contributed by atoms with Gasteiger partial charge in [-0.2, -0.15) is 17.5 Å². The number of piperidine rings is 1. The topological polar surface area (TPSA) is 46.6 Å². The molecule has 8 heteroatoms. The van der Waals surface area contributed by atoms with Gasteiger partial charge >= 0.3 is 6.18 Å². The summed E-state index contributed by atoms with van der Waals surface area (Å²) in [5.74, 6) is 0. The van der Waals surface area contributed by atoms with E-state index >= 15 is 0 Å². The molecule has 0 unspecified atom stereocenters. The van der Waals surface area contributed by atoms with Crippen molar-refractivity contribution in [1.29, 1.82) is 0 Å². The predicted molar refractivity (Wildman–Crippen MR) is 86.5 cm³/mol. The average Bonchev–Trinajstić information content (AvgIpc) is 2.96. The third-order valence-electron chi connectivity index (χ3n) is 5.48. The number of methoxy groups -OCH3 is 1. The molecule has 1 saturated carbocycles. The molecule has 2 atom stereocenters. The van der Waals surface area contributed by atoms with Crippen LogP contribution in [0.4, 0.5) is 13.2 Å². The Balaban J connectivity index is 1.90. The van der Waals surface area contributed by atoms with Gasteiger partial charge in [-0.05, 0) is 43.9 Å². The van der Waals surface area contributed by atoms with E-state index in [1.165, 1.54) is 10.4 Å². The summed E-state index contributed by atoms with van der Waals surface area (Å²) < 4.78 is 71.5. The number of hydrogen-bond donors (Lipinski definition) is 0. The zero-order chi connectivity index (χ0) is 18.3. The fourth-order valence-corrected chi connectivity index (χ4v) is 5.87. The predicted octanol–water partition coefficient (Wildman–Crippen LogP) is 3.68. The zero-order valence-corrected chi connectivity index (χ0v) is 14.9. The van der Waals surface area contributed by atoms with Crippen molar-refractivity contribution in [1.82, 2.24) is 4.31 Å². The van der Waals surface area contributed by atoms with Crippen LogP contribution in [0.25, 0.3) is 0 Å². The lowest BCUT2D eigenvalue weighted by atomic mass is 9.77. The van der Waals surface area contributed by atoms with Gasteiger partial charge in [0, 0.05) is 25.6 Å². The zero-order valence-electron chi connectivity index (χ0n) is 14.1. The van der Waals surface area contributed by atoms with Gasteiger partial charge in [0.25, 0.3) is 0 Å². The molecule has 1 aromatic carbocycles. The lowest BCUT2D eigenvalue weighted by Crippen LogP contribution is -2.49. The van der Waals surface area contributed by atoms with E-state index in [2.05, 4.69) is 0 Å². The largest absolute Gasteiger partial charge is 0.416 e. The molecule has 0 amide bonds. The van der Waals surface area contributed by atoms with Gasteiger partial charge in [0.05, 0.1) is 16.6 Å². The lowest BCUT2D eigenvalue weighted by Gasteiger charge is -2.43. The number of halogens is 3. The van der Waals surface area contributed by atoms with Crippen molar-refractivity contribution in [3.8, 4) is 0 Å². The van der Waals surface area contributed by atoms with Crippen molar-refractivity contribution in [3.63, 3.8) is 0 Å². The Morgan fingerprint density at radius 2 is 1.96 bits per heavy atom. The summed E-state index contributed by atoms with van der Waals surface area (Å²) in [6, 6.07) is 3.98. The molecule has 25 heavy (non-hydrogen) atoms. The highest BCUT2D eigenvalue weighted by Crippen LogP contribution is 2.47. The van der Waals surface area contributed by atoms with Crippen LogP contribution in [0.15, 0.2) is 29.2 Å². The number of nitrogens with zero attached hydrogens (tertiary/aromatic N) is 1. The number of sulfonamides is 1. The first-order valence-corrected chi connectivity index (χ1v) is 9.83. The van der Waals surface area contributed by atoms with Gasteiger partial charge in [0.1, 0.15) is 0 Å². The second kappa shape index (κ2) is 6.55. The number of alkyl halides is 3. The second-order valence-electron chi connectivity index (χ2n) is 6.95. The first-order chi connectivity index (χ1) is 11.7. The van der Waals surface area contributed by atoms with Crippen LogP contribution in [-0.2, 0) is 20.9 Å². The first-order valence-electron chi connectivity index (χ1n) is 8.39. The standard InChI is InChI=1S/C17H22F3NO3S/c1-24-15-7-3-8-16(15)9-4-10-21(12-16)25(22,23)14-6-2-5-13(11-14)17(18,19)20/h2,5-6,11,15H,3-4,7-10,12H2,1H3/t15-,16+/m1/s1. The molecule has 2 aliphatic rings. The summed E-state index contributed by atoms with van der Waals surface area (Å²) in [6.45, 7) is 0.640. The van der Waals surface area contributed by atoms with Crippen molar-refractivity contribution < 1.29 is 26.3 Å². The summed E-state index contributed by atoms with van der Waals surface area (Å²) in [5, 5.41) is 0. The second-order valence-corrected chi connectivity index (χ2v) is 8.88. The molecule has 3 rings (SSSR count). The van der Waals surface area contributed by atoms with Crippen LogP contribution in [0.2, 0.25) is 0 Å². The van der Waals surface area contributed by atoms with Gasteiger partial charge in [-0.3, -0.25) is 0 Å². The maximum atomic E-state index is 12.9. The summed E-state index contributed by atoms with van der Waals surface area (Å²) in [4.78, 5) is -0.300. The number of hydrogen-bond acceptors (Lipinski definition) is 3. The van der Waals surface area contributed by atoms with Crippen LogP contribution in [0, 0.1) is 5.41 Å². The van der Waals surface area contributed by atoms with Crippen LogP contribution < -0.4 is 0 Å². The van der Waals surface area contributed by atoms with Gasteiger partial charge < -0.3 is 4.74 Å². The van der Waals surface area contributed by atoms with E-state index in [-0.39, 0.29) is 16.4 Å². The van der Waals surface area contributed by atoms with Gasteiger partial charge in [-0.1, -0.05) is 12.5 Å². The average molecular weight is 377 g/mol. The molecule has 0 aromatic heterocycles. The Labute approximate surface area is 146 Å². The highest BCUT2D eigenvalue weighted by molar-refractivity contribution is 7.89. The van der Waals surface area contributed by atoms with Crippen LogP contribution in [0.5, 0.6) is 0 Å². The van der Waals surface area contributed by atoms with Crippen LogP contribution >= 0.6 is 0 Å². The third kappa shape index (κ3) is 3.44. The molecule has 1 heterocycles. The molecule has 2 fully saturated rings. The first kappa shape index (κ1) is 18.7. The highest BCUT2D eigenvalue weighted by Gasteiger charge is 2.48. The summed E-state index contributed by atoms with van der Waals surface area (Å²) in [7, 11) is -2.33. The maximum Gasteiger partial charge on any atom is 0.416 e. The molecule has 1 aliphatic carbocycles. The maximum absolute atomic E-state index is 12.9. The Bertz CT molecular complexity index is 735. The Hall–Kier alpha value is -1.12. The molecule has 0 N–H and O–H groups in total. The normalized spacial score (nSPS) is 28.6. The summed E-state index contributed by atoms with van der Waals surface area (Å²) in [6.07, 6.45) is -0.212.